The van der Waals surface area contributed by atoms with Gasteiger partial charge in [-0.05, 0) is 34.9 Å². The van der Waals surface area contributed by atoms with Crippen LogP contribution in [0.5, 0.6) is 0 Å². The second kappa shape index (κ2) is 4.97. The molecule has 2 heteroatoms. The Labute approximate surface area is 109 Å². The van der Waals surface area contributed by atoms with Gasteiger partial charge in [0, 0.05) is 18.1 Å². The summed E-state index contributed by atoms with van der Waals surface area (Å²) < 4.78 is 0. The number of fused-ring (bicyclic) bond motifs is 1. The molecule has 0 saturated carbocycles. The number of nitrogens with one attached hydrogen (secondary N) is 1. The SMILES string of the molecule is CCCNc1nccc2ccc(C(C)(C)C)cc12. The number of hydrogen-bond acceptors (Lipinski definition) is 2. The summed E-state index contributed by atoms with van der Waals surface area (Å²) in [6, 6.07) is 8.74. The van der Waals surface area contributed by atoms with Crippen LogP contribution in [0.1, 0.15) is 39.7 Å². The monoisotopic (exact) mass is 242 g/mol. The fourth-order valence-electron chi connectivity index (χ4n) is 2.02. The molecule has 1 aromatic heterocycles. The van der Waals surface area contributed by atoms with E-state index in [4.69, 9.17) is 0 Å². The van der Waals surface area contributed by atoms with Crippen LogP contribution in [0.25, 0.3) is 10.8 Å². The van der Waals surface area contributed by atoms with E-state index in [1.807, 2.05) is 6.20 Å². The molecule has 0 aliphatic rings. The highest BCUT2D eigenvalue weighted by molar-refractivity contribution is 5.92. The lowest BCUT2D eigenvalue weighted by Gasteiger charge is -2.20. The molecule has 1 heterocycles. The summed E-state index contributed by atoms with van der Waals surface area (Å²) >= 11 is 0. The third-order valence-corrected chi connectivity index (χ3v) is 3.17. The average molecular weight is 242 g/mol. The lowest BCUT2D eigenvalue weighted by molar-refractivity contribution is 0.591. The molecule has 0 unspecified atom stereocenters. The predicted octanol–water partition coefficient (Wildman–Crippen LogP) is 4.35. The van der Waals surface area contributed by atoms with Gasteiger partial charge in [-0.3, -0.25) is 0 Å². The van der Waals surface area contributed by atoms with Crippen LogP contribution in [0.2, 0.25) is 0 Å². The zero-order valence-corrected chi connectivity index (χ0v) is 11.7. The number of aromatic nitrogens is 1. The van der Waals surface area contributed by atoms with E-state index < -0.39 is 0 Å². The summed E-state index contributed by atoms with van der Waals surface area (Å²) in [4.78, 5) is 4.46. The van der Waals surface area contributed by atoms with Crippen molar-refractivity contribution in [3.8, 4) is 0 Å². The summed E-state index contributed by atoms with van der Waals surface area (Å²) in [6.07, 6.45) is 2.98. The minimum atomic E-state index is 0.173. The molecule has 0 bridgehead atoms. The first kappa shape index (κ1) is 12.9. The van der Waals surface area contributed by atoms with E-state index in [1.165, 1.54) is 16.3 Å². The quantitative estimate of drug-likeness (QED) is 0.865. The van der Waals surface area contributed by atoms with Gasteiger partial charge in [0.15, 0.2) is 0 Å². The first-order valence-corrected chi connectivity index (χ1v) is 6.65. The van der Waals surface area contributed by atoms with Crippen molar-refractivity contribution >= 4 is 16.6 Å². The average Bonchev–Trinajstić information content (AvgIpc) is 2.34. The number of pyridine rings is 1. The van der Waals surface area contributed by atoms with E-state index in [0.717, 1.165) is 18.8 Å². The van der Waals surface area contributed by atoms with Gasteiger partial charge < -0.3 is 5.32 Å². The van der Waals surface area contributed by atoms with Crippen molar-refractivity contribution in [3.63, 3.8) is 0 Å². The normalized spacial score (nSPS) is 11.8. The highest BCUT2D eigenvalue weighted by Gasteiger charge is 2.14. The van der Waals surface area contributed by atoms with E-state index >= 15 is 0 Å². The fraction of sp³-hybridized carbons (Fsp3) is 0.438. The van der Waals surface area contributed by atoms with Crippen molar-refractivity contribution in [2.75, 3.05) is 11.9 Å². The van der Waals surface area contributed by atoms with Gasteiger partial charge in [0.25, 0.3) is 0 Å². The molecule has 18 heavy (non-hydrogen) atoms. The lowest BCUT2D eigenvalue weighted by Crippen LogP contribution is -2.11. The van der Waals surface area contributed by atoms with Crippen molar-refractivity contribution in [3.05, 3.63) is 36.0 Å². The minimum absolute atomic E-state index is 0.173. The Kier molecular flexibility index (Phi) is 3.55. The van der Waals surface area contributed by atoms with Crippen LogP contribution < -0.4 is 5.32 Å². The Bertz CT molecular complexity index is 538. The van der Waals surface area contributed by atoms with Crippen molar-refractivity contribution < 1.29 is 0 Å². The first-order valence-electron chi connectivity index (χ1n) is 6.65. The third-order valence-electron chi connectivity index (χ3n) is 3.17. The van der Waals surface area contributed by atoms with E-state index in [2.05, 4.69) is 62.3 Å². The van der Waals surface area contributed by atoms with Crippen LogP contribution >= 0.6 is 0 Å². The third kappa shape index (κ3) is 2.63. The Balaban J connectivity index is 2.51. The maximum atomic E-state index is 4.46. The second-order valence-corrected chi connectivity index (χ2v) is 5.77. The zero-order valence-electron chi connectivity index (χ0n) is 11.7. The molecule has 2 nitrogen and oxygen atoms in total. The molecular weight excluding hydrogens is 220 g/mol. The number of rotatable bonds is 3. The summed E-state index contributed by atoms with van der Waals surface area (Å²) in [7, 11) is 0. The minimum Gasteiger partial charge on any atom is -0.370 e. The molecule has 0 atom stereocenters. The van der Waals surface area contributed by atoms with Gasteiger partial charge in [0.05, 0.1) is 0 Å². The van der Waals surface area contributed by atoms with Crippen LogP contribution in [0, 0.1) is 0 Å². The molecule has 0 radical (unpaired) electrons. The standard InChI is InChI=1S/C16H22N2/c1-5-9-17-15-14-11-13(16(2,3)4)7-6-12(14)8-10-18-15/h6-8,10-11H,5,9H2,1-4H3,(H,17,18). The number of nitrogens with zero attached hydrogens (tertiary/aromatic N) is 1. The Morgan fingerprint density at radius 2 is 1.94 bits per heavy atom. The van der Waals surface area contributed by atoms with Crippen molar-refractivity contribution in [1.82, 2.24) is 4.98 Å². The molecule has 2 rings (SSSR count). The highest BCUT2D eigenvalue weighted by atomic mass is 15.0. The molecule has 0 saturated heterocycles. The molecule has 0 fully saturated rings. The van der Waals surface area contributed by atoms with Crippen LogP contribution in [0.4, 0.5) is 5.82 Å². The van der Waals surface area contributed by atoms with Crippen LogP contribution in [-0.4, -0.2) is 11.5 Å². The Morgan fingerprint density at radius 1 is 1.17 bits per heavy atom. The number of hydrogen-bond donors (Lipinski definition) is 1. The van der Waals surface area contributed by atoms with Crippen LogP contribution in [-0.2, 0) is 5.41 Å². The molecule has 0 aliphatic heterocycles. The molecule has 0 aliphatic carbocycles. The van der Waals surface area contributed by atoms with Crippen LogP contribution in [0.3, 0.4) is 0 Å². The van der Waals surface area contributed by atoms with Gasteiger partial charge in [-0.2, -0.15) is 0 Å². The summed E-state index contributed by atoms with van der Waals surface area (Å²) in [5.41, 5.74) is 1.52. The van der Waals surface area contributed by atoms with Gasteiger partial charge in [-0.25, -0.2) is 4.98 Å². The molecular formula is C16H22N2. The number of benzene rings is 1. The van der Waals surface area contributed by atoms with Gasteiger partial charge in [-0.15, -0.1) is 0 Å². The maximum Gasteiger partial charge on any atom is 0.133 e. The summed E-state index contributed by atoms with van der Waals surface area (Å²) in [5, 5.41) is 5.87. The number of anilines is 1. The maximum absolute atomic E-state index is 4.46. The van der Waals surface area contributed by atoms with Crippen molar-refractivity contribution in [2.24, 2.45) is 0 Å². The van der Waals surface area contributed by atoms with Crippen molar-refractivity contribution in [1.29, 1.82) is 0 Å². The van der Waals surface area contributed by atoms with Gasteiger partial charge in [0.1, 0.15) is 5.82 Å². The Hall–Kier alpha value is -1.57. The smallest absolute Gasteiger partial charge is 0.133 e. The van der Waals surface area contributed by atoms with Gasteiger partial charge >= 0.3 is 0 Å². The van der Waals surface area contributed by atoms with E-state index in [1.54, 1.807) is 0 Å². The summed E-state index contributed by atoms with van der Waals surface area (Å²) in [6.45, 7) is 9.85. The zero-order chi connectivity index (χ0) is 13.2. The first-order chi connectivity index (χ1) is 8.52. The lowest BCUT2D eigenvalue weighted by atomic mass is 9.86. The molecule has 1 aromatic carbocycles. The Morgan fingerprint density at radius 3 is 2.61 bits per heavy atom. The molecule has 2 aromatic rings. The largest absolute Gasteiger partial charge is 0.370 e. The highest BCUT2D eigenvalue weighted by Crippen LogP contribution is 2.28. The van der Waals surface area contributed by atoms with E-state index in [0.29, 0.717) is 0 Å². The topological polar surface area (TPSA) is 24.9 Å². The molecule has 0 amide bonds. The molecule has 0 spiro atoms. The molecule has 96 valence electrons. The molecule has 1 N–H and O–H groups in total. The van der Waals surface area contributed by atoms with Gasteiger partial charge in [0.2, 0.25) is 0 Å². The summed E-state index contributed by atoms with van der Waals surface area (Å²) in [5.74, 6) is 1.00. The van der Waals surface area contributed by atoms with Crippen molar-refractivity contribution in [2.45, 2.75) is 39.5 Å². The van der Waals surface area contributed by atoms with E-state index in [-0.39, 0.29) is 5.41 Å². The fourth-order valence-corrected chi connectivity index (χ4v) is 2.02. The van der Waals surface area contributed by atoms with Gasteiger partial charge in [-0.1, -0.05) is 39.8 Å². The van der Waals surface area contributed by atoms with Crippen LogP contribution in [0.15, 0.2) is 30.5 Å². The second-order valence-electron chi connectivity index (χ2n) is 5.77. The van der Waals surface area contributed by atoms with E-state index in [9.17, 15) is 0 Å². The predicted molar refractivity (Wildman–Crippen MR) is 79.2 cm³/mol.